The van der Waals surface area contributed by atoms with E-state index in [0.717, 1.165) is 6.07 Å². The highest BCUT2D eigenvalue weighted by Crippen LogP contribution is 2.44. The van der Waals surface area contributed by atoms with E-state index in [2.05, 4.69) is 20.9 Å². The van der Waals surface area contributed by atoms with Crippen LogP contribution in [0.3, 0.4) is 0 Å². The van der Waals surface area contributed by atoms with Crippen molar-refractivity contribution in [2.24, 2.45) is 0 Å². The summed E-state index contributed by atoms with van der Waals surface area (Å²) in [6.07, 6.45) is -2.45. The van der Waals surface area contributed by atoms with E-state index < -0.39 is 23.5 Å². The number of aromatic nitrogens is 1. The fraction of sp³-hybridized carbons (Fsp3) is 0.200. The zero-order chi connectivity index (χ0) is 25.3. The van der Waals surface area contributed by atoms with Crippen molar-refractivity contribution in [3.63, 3.8) is 0 Å². The quantitative estimate of drug-likeness (QED) is 0.318. The summed E-state index contributed by atoms with van der Waals surface area (Å²) in [5.41, 5.74) is 6.91. The van der Waals surface area contributed by atoms with E-state index in [1.807, 2.05) is 0 Å². The minimum absolute atomic E-state index is 0.0845. The average molecular weight is 550 g/mol. The highest BCUT2D eigenvalue weighted by atomic mass is 79.9. The molecule has 0 atom stereocenters. The van der Waals surface area contributed by atoms with Gasteiger partial charge in [0.2, 0.25) is 5.88 Å². The molecule has 3 aromatic rings. The third-order valence-electron chi connectivity index (χ3n) is 5.64. The number of ether oxygens (including phenoxy) is 1. The Morgan fingerprint density at radius 1 is 1.11 bits per heavy atom. The highest BCUT2D eigenvalue weighted by Gasteiger charge is 2.33. The Labute approximate surface area is 206 Å². The average Bonchev–Trinajstić information content (AvgIpc) is 3.27. The Hall–Kier alpha value is -3.40. The number of nitrogen functional groups attached to an aromatic ring is 1. The monoisotopic (exact) mass is 549 g/mol. The number of rotatable bonds is 6. The maximum atomic E-state index is 14.2. The first-order valence-corrected chi connectivity index (χ1v) is 11.3. The molecule has 182 valence electrons. The molecule has 0 saturated carbocycles. The van der Waals surface area contributed by atoms with E-state index in [1.54, 1.807) is 12.1 Å². The maximum absolute atomic E-state index is 14.2. The van der Waals surface area contributed by atoms with Gasteiger partial charge in [-0.15, -0.1) is 0 Å². The van der Waals surface area contributed by atoms with Gasteiger partial charge in [0.1, 0.15) is 12.4 Å². The second-order valence-corrected chi connectivity index (χ2v) is 8.96. The molecule has 0 bridgehead atoms. The van der Waals surface area contributed by atoms with Crippen molar-refractivity contribution in [3.8, 4) is 5.88 Å². The van der Waals surface area contributed by atoms with Gasteiger partial charge in [-0.1, -0.05) is 22.0 Å². The first kappa shape index (κ1) is 24.7. The predicted octanol–water partition coefficient (Wildman–Crippen LogP) is 5.62. The molecule has 4 rings (SSSR count). The number of anilines is 1. The predicted molar refractivity (Wildman–Crippen MR) is 124 cm³/mol. The SMILES string of the molecule is Nc1cc(C(=O)[O-])cc(C2=C(c3cc(C(F)(F)F)cnc3OCc3ccc(Br)cc3F)CCC2)c1. The third kappa shape index (κ3) is 5.48. The Morgan fingerprint density at radius 3 is 2.54 bits per heavy atom. The molecule has 1 aliphatic carbocycles. The molecule has 0 aliphatic heterocycles. The minimum Gasteiger partial charge on any atom is -0.545 e. The summed E-state index contributed by atoms with van der Waals surface area (Å²) in [7, 11) is 0. The Bertz CT molecular complexity index is 1340. The van der Waals surface area contributed by atoms with Crippen LogP contribution in [0.15, 0.2) is 53.1 Å². The van der Waals surface area contributed by atoms with Crippen LogP contribution in [0.25, 0.3) is 11.1 Å². The summed E-state index contributed by atoms with van der Waals surface area (Å²) in [4.78, 5) is 15.3. The number of alkyl halides is 3. The van der Waals surface area contributed by atoms with Gasteiger partial charge >= 0.3 is 6.18 Å². The highest BCUT2D eigenvalue weighted by molar-refractivity contribution is 9.10. The largest absolute Gasteiger partial charge is 0.545 e. The van der Waals surface area contributed by atoms with Gasteiger partial charge in [0.15, 0.2) is 0 Å². The van der Waals surface area contributed by atoms with Crippen LogP contribution in [0.4, 0.5) is 23.2 Å². The first-order chi connectivity index (χ1) is 16.5. The number of pyridine rings is 1. The number of carboxylic acid groups (broad SMARTS) is 1. The lowest BCUT2D eigenvalue weighted by Gasteiger charge is -2.17. The van der Waals surface area contributed by atoms with E-state index in [1.165, 1.54) is 24.3 Å². The van der Waals surface area contributed by atoms with Gasteiger partial charge in [-0.05, 0) is 77.9 Å². The van der Waals surface area contributed by atoms with Crippen LogP contribution >= 0.6 is 15.9 Å². The van der Waals surface area contributed by atoms with Crippen molar-refractivity contribution in [1.82, 2.24) is 4.98 Å². The topological polar surface area (TPSA) is 88.3 Å². The fourth-order valence-corrected chi connectivity index (χ4v) is 4.36. The molecule has 0 fully saturated rings. The lowest BCUT2D eigenvalue weighted by molar-refractivity contribution is -0.255. The molecular formula is C25H18BrF4N2O3-. The van der Waals surface area contributed by atoms with Crippen molar-refractivity contribution in [3.05, 3.63) is 86.8 Å². The van der Waals surface area contributed by atoms with Crippen LogP contribution in [0, 0.1) is 5.82 Å². The van der Waals surface area contributed by atoms with Crippen LogP contribution in [0.5, 0.6) is 5.88 Å². The fourth-order valence-electron chi connectivity index (χ4n) is 4.03. The molecule has 5 nitrogen and oxygen atoms in total. The molecule has 1 heterocycles. The van der Waals surface area contributed by atoms with Crippen molar-refractivity contribution in [1.29, 1.82) is 0 Å². The normalized spacial score (nSPS) is 13.9. The summed E-state index contributed by atoms with van der Waals surface area (Å²) in [6.45, 7) is -0.250. The van der Waals surface area contributed by atoms with Crippen molar-refractivity contribution in [2.45, 2.75) is 32.0 Å². The Balaban J connectivity index is 1.81. The Morgan fingerprint density at radius 2 is 1.86 bits per heavy atom. The van der Waals surface area contributed by atoms with E-state index in [-0.39, 0.29) is 34.9 Å². The molecule has 0 unspecified atom stereocenters. The molecule has 1 aliphatic rings. The number of carbonyl (C=O) groups is 1. The van der Waals surface area contributed by atoms with E-state index in [0.29, 0.717) is 46.6 Å². The minimum atomic E-state index is -4.64. The van der Waals surface area contributed by atoms with Crippen LogP contribution in [0.2, 0.25) is 0 Å². The standard InChI is InChI=1S/C25H19BrF4N2O3/c26-17-5-4-13(22(27)10-17)12-35-23-21(9-16(11-32-23)25(28,29)30)20-3-1-2-19(20)14-6-15(24(33)34)8-18(31)7-14/h4-11H,1-3,12,31H2,(H,33,34)/p-1. The van der Waals surface area contributed by atoms with Crippen LogP contribution in [0.1, 0.15) is 51.9 Å². The smallest absolute Gasteiger partial charge is 0.417 e. The molecule has 1 aromatic heterocycles. The van der Waals surface area contributed by atoms with Crippen LogP contribution in [-0.4, -0.2) is 11.0 Å². The van der Waals surface area contributed by atoms with Gasteiger partial charge in [0, 0.05) is 27.5 Å². The molecule has 2 aromatic carbocycles. The third-order valence-corrected chi connectivity index (χ3v) is 6.13. The maximum Gasteiger partial charge on any atom is 0.417 e. The number of hydrogen-bond acceptors (Lipinski definition) is 5. The zero-order valence-corrected chi connectivity index (χ0v) is 19.7. The van der Waals surface area contributed by atoms with Gasteiger partial charge in [0.25, 0.3) is 0 Å². The number of carboxylic acids is 1. The number of benzene rings is 2. The van der Waals surface area contributed by atoms with Gasteiger partial charge in [-0.3, -0.25) is 0 Å². The summed E-state index contributed by atoms with van der Waals surface area (Å²) in [5.74, 6) is -2.04. The molecule has 2 N–H and O–H groups in total. The van der Waals surface area contributed by atoms with Crippen molar-refractivity contribution in [2.75, 3.05) is 5.73 Å². The lowest BCUT2D eigenvalue weighted by atomic mass is 9.95. The molecule has 35 heavy (non-hydrogen) atoms. The summed E-state index contributed by atoms with van der Waals surface area (Å²) in [5, 5.41) is 11.4. The number of nitrogens with two attached hydrogens (primary N) is 1. The van der Waals surface area contributed by atoms with Gasteiger partial charge in [-0.25, -0.2) is 9.37 Å². The number of halogens is 5. The molecule has 0 amide bonds. The zero-order valence-electron chi connectivity index (χ0n) is 18.1. The number of carbonyl (C=O) groups excluding carboxylic acids is 1. The number of aromatic carboxylic acids is 1. The number of nitrogens with zero attached hydrogens (tertiary/aromatic N) is 1. The van der Waals surface area contributed by atoms with Gasteiger partial charge in [0.05, 0.1) is 11.5 Å². The lowest BCUT2D eigenvalue weighted by Crippen LogP contribution is -2.22. The summed E-state index contributed by atoms with van der Waals surface area (Å²) < 4.78 is 61.0. The van der Waals surface area contributed by atoms with Crippen LogP contribution < -0.4 is 15.6 Å². The molecule has 10 heteroatoms. The Kier molecular flexibility index (Phi) is 6.84. The van der Waals surface area contributed by atoms with Crippen LogP contribution in [-0.2, 0) is 12.8 Å². The van der Waals surface area contributed by atoms with Crippen molar-refractivity contribution >= 4 is 38.7 Å². The van der Waals surface area contributed by atoms with Gasteiger partial charge in [-0.2, -0.15) is 13.2 Å². The molecular weight excluding hydrogens is 532 g/mol. The number of hydrogen-bond donors (Lipinski definition) is 1. The first-order valence-electron chi connectivity index (χ1n) is 10.5. The molecule has 0 spiro atoms. The van der Waals surface area contributed by atoms with E-state index in [9.17, 15) is 27.5 Å². The van der Waals surface area contributed by atoms with Crippen molar-refractivity contribution < 1.29 is 32.2 Å². The second kappa shape index (κ2) is 9.69. The molecule has 0 saturated heterocycles. The van der Waals surface area contributed by atoms with Gasteiger partial charge < -0.3 is 20.4 Å². The van der Waals surface area contributed by atoms with E-state index in [4.69, 9.17) is 10.5 Å². The summed E-state index contributed by atoms with van der Waals surface area (Å²) >= 11 is 3.17. The molecule has 0 radical (unpaired) electrons. The second-order valence-electron chi connectivity index (χ2n) is 8.04. The number of allylic oxidation sites excluding steroid dienone is 2. The summed E-state index contributed by atoms with van der Waals surface area (Å²) in [6, 6.07) is 9.52. The van der Waals surface area contributed by atoms with E-state index >= 15 is 0 Å².